The van der Waals surface area contributed by atoms with Crippen molar-refractivity contribution >= 4 is 14.9 Å². The molecule has 4 rings (SSSR count). The summed E-state index contributed by atoms with van der Waals surface area (Å²) in [5, 5.41) is 3.56. The molecule has 0 radical (unpaired) electrons. The lowest BCUT2D eigenvalue weighted by molar-refractivity contribution is -0.0888. The third-order valence-corrected chi connectivity index (χ3v) is 5.79. The Labute approximate surface area is 154 Å². The first kappa shape index (κ1) is 17.8. The van der Waals surface area contributed by atoms with E-state index in [4.69, 9.17) is 10.5 Å². The van der Waals surface area contributed by atoms with Crippen LogP contribution in [0.5, 0.6) is 0 Å². The first-order valence-electron chi connectivity index (χ1n) is 8.95. The van der Waals surface area contributed by atoms with Crippen molar-refractivity contribution in [3.63, 3.8) is 0 Å². The molecule has 3 N–H and O–H groups in total. The molecule has 2 heterocycles. The molecular formula is C20H23F2N2OP. The zero-order valence-corrected chi connectivity index (χ0v) is 15.5. The van der Waals surface area contributed by atoms with Gasteiger partial charge in [-0.05, 0) is 30.5 Å². The quantitative estimate of drug-likeness (QED) is 0.772. The Kier molecular flexibility index (Phi) is 4.72. The molecule has 2 aliphatic heterocycles. The second kappa shape index (κ2) is 6.88. The van der Waals surface area contributed by atoms with Gasteiger partial charge in [-0.3, -0.25) is 0 Å². The molecule has 5 atom stereocenters. The minimum atomic E-state index is -2.96. The summed E-state index contributed by atoms with van der Waals surface area (Å²) in [6.45, 7) is 0.446. The van der Waals surface area contributed by atoms with Gasteiger partial charge in [-0.2, -0.15) is 8.78 Å². The van der Waals surface area contributed by atoms with E-state index < -0.39 is 5.66 Å². The number of halogens is 2. The van der Waals surface area contributed by atoms with E-state index in [0.717, 1.165) is 24.1 Å². The van der Waals surface area contributed by atoms with Gasteiger partial charge in [0.2, 0.25) is 0 Å². The topological polar surface area (TPSA) is 47.3 Å². The molecule has 0 saturated carbocycles. The highest BCUT2D eigenvalue weighted by atomic mass is 31.0. The standard InChI is InChI=1S/C20H23F2N2OP/c21-20(22,26)13-6-9-17-16(10-13)19-15(8-7-14(11-23)25-19)18(24-17)12-4-2-1-3-5-12/h1-6,9-10,14-15,18-19,24H,7-8,11,23,26H2. The van der Waals surface area contributed by atoms with Crippen LogP contribution in [0.1, 0.15) is 41.7 Å². The van der Waals surface area contributed by atoms with Gasteiger partial charge in [0.05, 0.1) is 18.2 Å². The van der Waals surface area contributed by atoms with Gasteiger partial charge < -0.3 is 15.8 Å². The largest absolute Gasteiger partial charge is 0.378 e. The highest BCUT2D eigenvalue weighted by molar-refractivity contribution is 7.17. The third kappa shape index (κ3) is 3.24. The van der Waals surface area contributed by atoms with E-state index in [1.54, 1.807) is 21.4 Å². The molecule has 0 spiro atoms. The second-order valence-corrected chi connectivity index (χ2v) is 7.84. The van der Waals surface area contributed by atoms with Crippen LogP contribution in [0.3, 0.4) is 0 Å². The number of benzene rings is 2. The van der Waals surface area contributed by atoms with Gasteiger partial charge in [0.15, 0.2) is 0 Å². The van der Waals surface area contributed by atoms with Crippen LogP contribution in [0.2, 0.25) is 0 Å². The zero-order valence-electron chi connectivity index (χ0n) is 14.4. The monoisotopic (exact) mass is 376 g/mol. The summed E-state index contributed by atoms with van der Waals surface area (Å²) < 4.78 is 33.9. The van der Waals surface area contributed by atoms with Crippen molar-refractivity contribution in [1.29, 1.82) is 0 Å². The summed E-state index contributed by atoms with van der Waals surface area (Å²) in [6, 6.07) is 15.1. The molecule has 1 fully saturated rings. The lowest BCUT2D eigenvalue weighted by Crippen LogP contribution is -2.41. The fourth-order valence-electron chi connectivity index (χ4n) is 4.13. The van der Waals surface area contributed by atoms with Crippen LogP contribution >= 0.6 is 9.24 Å². The van der Waals surface area contributed by atoms with Crippen LogP contribution in [0.15, 0.2) is 48.5 Å². The van der Waals surface area contributed by atoms with Crippen molar-refractivity contribution in [2.75, 3.05) is 11.9 Å². The van der Waals surface area contributed by atoms with Crippen LogP contribution in [0, 0.1) is 5.92 Å². The molecule has 0 amide bonds. The molecule has 2 aromatic carbocycles. The molecule has 26 heavy (non-hydrogen) atoms. The molecule has 2 aromatic rings. The Bertz CT molecular complexity index is 781. The summed E-state index contributed by atoms with van der Waals surface area (Å²) in [6.07, 6.45) is 1.57. The highest BCUT2D eigenvalue weighted by Crippen LogP contribution is 2.51. The SMILES string of the molecule is NCC1CCC2C(c3ccccc3)Nc3ccc(C(F)(F)P)cc3C2O1. The zero-order chi connectivity index (χ0) is 18.3. The molecule has 138 valence electrons. The average molecular weight is 376 g/mol. The van der Waals surface area contributed by atoms with Crippen molar-refractivity contribution in [2.24, 2.45) is 11.7 Å². The Balaban J connectivity index is 1.77. The minimum absolute atomic E-state index is 0.0153. The Morgan fingerprint density at radius 1 is 1.15 bits per heavy atom. The van der Waals surface area contributed by atoms with Gasteiger partial charge in [-0.15, -0.1) is 0 Å². The van der Waals surface area contributed by atoms with Crippen molar-refractivity contribution in [3.05, 3.63) is 65.2 Å². The number of hydrogen-bond acceptors (Lipinski definition) is 3. The molecule has 0 aliphatic carbocycles. The van der Waals surface area contributed by atoms with Gasteiger partial charge in [0.25, 0.3) is 5.66 Å². The Morgan fingerprint density at radius 3 is 2.62 bits per heavy atom. The van der Waals surface area contributed by atoms with E-state index in [9.17, 15) is 8.78 Å². The smallest absolute Gasteiger partial charge is 0.283 e. The minimum Gasteiger partial charge on any atom is -0.378 e. The van der Waals surface area contributed by atoms with Gasteiger partial charge in [-0.1, -0.05) is 45.6 Å². The van der Waals surface area contributed by atoms with Crippen molar-refractivity contribution < 1.29 is 13.5 Å². The summed E-state index contributed by atoms with van der Waals surface area (Å²) in [7, 11) is 1.61. The van der Waals surface area contributed by atoms with E-state index in [-0.39, 0.29) is 29.7 Å². The van der Waals surface area contributed by atoms with Crippen LogP contribution < -0.4 is 11.1 Å². The fourth-order valence-corrected chi connectivity index (χ4v) is 4.31. The summed E-state index contributed by atoms with van der Waals surface area (Å²) in [4.78, 5) is 0. The van der Waals surface area contributed by atoms with Gasteiger partial charge in [-0.25, -0.2) is 0 Å². The maximum Gasteiger partial charge on any atom is 0.283 e. The van der Waals surface area contributed by atoms with E-state index in [1.165, 1.54) is 11.6 Å². The van der Waals surface area contributed by atoms with Gasteiger partial charge >= 0.3 is 0 Å². The lowest BCUT2D eigenvalue weighted by atomic mass is 9.76. The van der Waals surface area contributed by atoms with E-state index in [1.807, 2.05) is 18.2 Å². The number of hydrogen-bond donors (Lipinski definition) is 2. The average Bonchev–Trinajstić information content (AvgIpc) is 2.66. The summed E-state index contributed by atoms with van der Waals surface area (Å²) in [5.41, 5.74) is 5.70. The molecule has 0 aromatic heterocycles. The predicted octanol–water partition coefficient (Wildman–Crippen LogP) is 4.57. The highest BCUT2D eigenvalue weighted by Gasteiger charge is 2.42. The summed E-state index contributed by atoms with van der Waals surface area (Å²) >= 11 is 0. The van der Waals surface area contributed by atoms with Crippen molar-refractivity contribution in [2.45, 2.75) is 36.8 Å². The van der Waals surface area contributed by atoms with E-state index in [0.29, 0.717) is 6.54 Å². The summed E-state index contributed by atoms with van der Waals surface area (Å²) in [5.74, 6) is 0.182. The molecule has 3 nitrogen and oxygen atoms in total. The van der Waals surface area contributed by atoms with Crippen LogP contribution in [0.25, 0.3) is 0 Å². The number of nitrogens with two attached hydrogens (primary N) is 1. The van der Waals surface area contributed by atoms with Crippen LogP contribution in [-0.2, 0) is 10.4 Å². The van der Waals surface area contributed by atoms with Crippen LogP contribution in [-0.4, -0.2) is 12.6 Å². The van der Waals surface area contributed by atoms with Crippen molar-refractivity contribution in [3.8, 4) is 0 Å². The first-order valence-corrected chi connectivity index (χ1v) is 9.53. The number of nitrogens with one attached hydrogen (secondary N) is 1. The molecule has 2 aliphatic rings. The molecule has 0 bridgehead atoms. The Hall–Kier alpha value is -1.55. The van der Waals surface area contributed by atoms with E-state index >= 15 is 0 Å². The van der Waals surface area contributed by atoms with E-state index in [2.05, 4.69) is 17.4 Å². The number of fused-ring (bicyclic) bond motifs is 3. The lowest BCUT2D eigenvalue weighted by Gasteiger charge is -2.45. The second-order valence-electron chi connectivity index (χ2n) is 7.11. The normalized spacial score (nSPS) is 28.0. The van der Waals surface area contributed by atoms with Gasteiger partial charge in [0, 0.05) is 29.3 Å². The Morgan fingerprint density at radius 2 is 1.92 bits per heavy atom. The number of rotatable bonds is 3. The first-order chi connectivity index (χ1) is 12.5. The molecule has 1 saturated heterocycles. The third-order valence-electron chi connectivity index (χ3n) is 5.45. The number of alkyl halides is 2. The maximum atomic E-state index is 13.8. The molecular weight excluding hydrogens is 353 g/mol. The number of anilines is 1. The number of ether oxygens (including phenoxy) is 1. The molecule has 5 unspecified atom stereocenters. The van der Waals surface area contributed by atoms with Crippen LogP contribution in [0.4, 0.5) is 14.5 Å². The predicted molar refractivity (Wildman–Crippen MR) is 102 cm³/mol. The van der Waals surface area contributed by atoms with Gasteiger partial charge in [0.1, 0.15) is 0 Å². The van der Waals surface area contributed by atoms with Crippen molar-refractivity contribution in [1.82, 2.24) is 0 Å². The maximum absolute atomic E-state index is 13.8. The molecule has 6 heteroatoms. The fraction of sp³-hybridized carbons (Fsp3) is 0.400.